The SMILES string of the molecule is CNC(=O)c1c(OC)nsc1Nc1cc(Cl)cc(Cl)c1. The van der Waals surface area contributed by atoms with Gasteiger partial charge in [-0.15, -0.1) is 0 Å². The van der Waals surface area contributed by atoms with Crippen LogP contribution in [-0.4, -0.2) is 24.4 Å². The Balaban J connectivity index is 2.38. The van der Waals surface area contributed by atoms with Gasteiger partial charge in [-0.2, -0.15) is 4.37 Å². The van der Waals surface area contributed by atoms with E-state index in [-0.39, 0.29) is 11.8 Å². The summed E-state index contributed by atoms with van der Waals surface area (Å²) in [6, 6.07) is 5.03. The third kappa shape index (κ3) is 3.15. The molecule has 0 saturated heterocycles. The molecular weight excluding hydrogens is 321 g/mol. The maximum absolute atomic E-state index is 11.9. The number of amides is 1. The summed E-state index contributed by atoms with van der Waals surface area (Å²) in [6.07, 6.45) is 0. The molecule has 0 bridgehead atoms. The van der Waals surface area contributed by atoms with Gasteiger partial charge in [-0.3, -0.25) is 4.79 Å². The van der Waals surface area contributed by atoms with Crippen LogP contribution in [0.15, 0.2) is 18.2 Å². The van der Waals surface area contributed by atoms with Crippen LogP contribution < -0.4 is 15.4 Å². The Bertz CT molecular complexity index is 625. The fourth-order valence-electron chi connectivity index (χ4n) is 1.58. The van der Waals surface area contributed by atoms with Gasteiger partial charge in [-0.05, 0) is 29.7 Å². The quantitative estimate of drug-likeness (QED) is 0.899. The highest BCUT2D eigenvalue weighted by Crippen LogP contribution is 2.34. The van der Waals surface area contributed by atoms with Gasteiger partial charge in [-0.25, -0.2) is 0 Å². The molecule has 1 aromatic carbocycles. The van der Waals surface area contributed by atoms with Gasteiger partial charge >= 0.3 is 0 Å². The summed E-state index contributed by atoms with van der Waals surface area (Å²) in [5.74, 6) is -0.0174. The van der Waals surface area contributed by atoms with Crippen LogP contribution in [0.4, 0.5) is 10.7 Å². The highest BCUT2D eigenvalue weighted by atomic mass is 35.5. The predicted molar refractivity (Wildman–Crippen MR) is 81.8 cm³/mol. The highest BCUT2D eigenvalue weighted by Gasteiger charge is 2.21. The average Bonchev–Trinajstić information content (AvgIpc) is 2.79. The highest BCUT2D eigenvalue weighted by molar-refractivity contribution is 7.11. The number of carbonyl (C=O) groups excluding carboxylic acids is 1. The Morgan fingerprint density at radius 3 is 2.50 bits per heavy atom. The van der Waals surface area contributed by atoms with Crippen molar-refractivity contribution in [1.29, 1.82) is 0 Å². The second-order valence-electron chi connectivity index (χ2n) is 3.76. The Morgan fingerprint density at radius 1 is 1.30 bits per heavy atom. The van der Waals surface area contributed by atoms with Crippen molar-refractivity contribution < 1.29 is 9.53 Å². The number of benzene rings is 1. The molecule has 2 rings (SSSR count). The first-order valence-electron chi connectivity index (χ1n) is 5.54. The molecule has 0 atom stereocenters. The minimum absolute atomic E-state index is 0.268. The fraction of sp³-hybridized carbons (Fsp3) is 0.167. The first kappa shape index (κ1) is 14.9. The number of aromatic nitrogens is 1. The molecule has 2 aromatic rings. The maximum atomic E-state index is 11.9. The van der Waals surface area contributed by atoms with Crippen molar-refractivity contribution in [3.63, 3.8) is 0 Å². The molecule has 1 heterocycles. The average molecular weight is 332 g/mol. The summed E-state index contributed by atoms with van der Waals surface area (Å²) < 4.78 is 9.16. The molecule has 106 valence electrons. The lowest BCUT2D eigenvalue weighted by atomic mass is 10.2. The van der Waals surface area contributed by atoms with Crippen LogP contribution in [0.3, 0.4) is 0 Å². The monoisotopic (exact) mass is 331 g/mol. The summed E-state index contributed by atoms with van der Waals surface area (Å²) in [4.78, 5) is 11.9. The predicted octanol–water partition coefficient (Wildman–Crippen LogP) is 3.56. The number of hydrogen-bond acceptors (Lipinski definition) is 5. The molecule has 0 aliphatic carbocycles. The van der Waals surface area contributed by atoms with Crippen molar-refractivity contribution in [2.75, 3.05) is 19.5 Å². The molecule has 0 saturated carbocycles. The molecular formula is C12H11Cl2N3O2S. The van der Waals surface area contributed by atoms with Gasteiger partial charge in [0.1, 0.15) is 10.6 Å². The Labute approximate surface area is 130 Å². The first-order valence-corrected chi connectivity index (χ1v) is 7.07. The van der Waals surface area contributed by atoms with Crippen molar-refractivity contribution in [3.8, 4) is 5.88 Å². The normalized spacial score (nSPS) is 10.2. The smallest absolute Gasteiger partial charge is 0.259 e. The fourth-order valence-corrected chi connectivity index (χ4v) is 2.88. The van der Waals surface area contributed by atoms with Gasteiger partial charge in [0.15, 0.2) is 0 Å². The maximum Gasteiger partial charge on any atom is 0.259 e. The minimum Gasteiger partial charge on any atom is -0.480 e. The summed E-state index contributed by atoms with van der Waals surface area (Å²) >= 11 is 13.0. The van der Waals surface area contributed by atoms with E-state index >= 15 is 0 Å². The molecule has 0 radical (unpaired) electrons. The van der Waals surface area contributed by atoms with Crippen molar-refractivity contribution in [2.45, 2.75) is 0 Å². The van der Waals surface area contributed by atoms with E-state index in [0.29, 0.717) is 26.3 Å². The van der Waals surface area contributed by atoms with Crippen LogP contribution in [0.2, 0.25) is 10.0 Å². The summed E-state index contributed by atoms with van der Waals surface area (Å²) in [7, 11) is 3.00. The van der Waals surface area contributed by atoms with Crippen LogP contribution in [-0.2, 0) is 0 Å². The lowest BCUT2D eigenvalue weighted by molar-refractivity contribution is 0.0961. The van der Waals surface area contributed by atoms with Crippen LogP contribution >= 0.6 is 34.7 Å². The van der Waals surface area contributed by atoms with Gasteiger partial charge in [-0.1, -0.05) is 23.2 Å². The van der Waals surface area contributed by atoms with E-state index in [4.69, 9.17) is 27.9 Å². The largest absolute Gasteiger partial charge is 0.480 e. The molecule has 5 nitrogen and oxygen atoms in total. The third-order valence-corrected chi connectivity index (χ3v) is 3.61. The molecule has 0 fully saturated rings. The van der Waals surface area contributed by atoms with Gasteiger partial charge < -0.3 is 15.4 Å². The molecule has 8 heteroatoms. The lowest BCUT2D eigenvalue weighted by Gasteiger charge is -2.07. The van der Waals surface area contributed by atoms with Crippen LogP contribution in [0.5, 0.6) is 5.88 Å². The van der Waals surface area contributed by atoms with E-state index < -0.39 is 0 Å². The van der Waals surface area contributed by atoms with Crippen molar-refractivity contribution in [3.05, 3.63) is 33.8 Å². The number of halogens is 2. The zero-order chi connectivity index (χ0) is 14.7. The van der Waals surface area contributed by atoms with Gasteiger partial charge in [0.25, 0.3) is 5.91 Å². The number of methoxy groups -OCH3 is 1. The molecule has 2 N–H and O–H groups in total. The van der Waals surface area contributed by atoms with Gasteiger partial charge in [0, 0.05) is 22.8 Å². The van der Waals surface area contributed by atoms with Crippen molar-refractivity contribution in [1.82, 2.24) is 9.69 Å². The number of ether oxygens (including phenoxy) is 1. The van der Waals surface area contributed by atoms with Crippen molar-refractivity contribution in [2.24, 2.45) is 0 Å². The number of anilines is 2. The zero-order valence-electron chi connectivity index (χ0n) is 10.7. The molecule has 0 spiro atoms. The van der Waals surface area contributed by atoms with E-state index in [0.717, 1.165) is 11.5 Å². The molecule has 0 unspecified atom stereocenters. The number of nitrogens with zero attached hydrogens (tertiary/aromatic N) is 1. The summed E-state index contributed by atoms with van der Waals surface area (Å²) in [6.45, 7) is 0. The van der Waals surface area contributed by atoms with Gasteiger partial charge in [0.2, 0.25) is 5.88 Å². The van der Waals surface area contributed by atoms with Crippen molar-refractivity contribution >= 4 is 51.3 Å². The van der Waals surface area contributed by atoms with E-state index in [2.05, 4.69) is 15.0 Å². The topological polar surface area (TPSA) is 63.2 Å². The number of nitrogens with one attached hydrogen (secondary N) is 2. The summed E-state index contributed by atoms with van der Waals surface area (Å²) in [5, 5.41) is 7.17. The lowest BCUT2D eigenvalue weighted by Crippen LogP contribution is -2.19. The summed E-state index contributed by atoms with van der Waals surface area (Å²) in [5.41, 5.74) is 1.01. The standard InChI is InChI=1S/C12H11Cl2N3O2S/c1-15-10(18)9-11(19-2)17-20-12(9)16-8-4-6(13)3-7(14)5-8/h3-5,16H,1-2H3,(H,15,18). The Morgan fingerprint density at radius 2 is 1.95 bits per heavy atom. The minimum atomic E-state index is -0.286. The van der Waals surface area contributed by atoms with Crippen LogP contribution in [0.25, 0.3) is 0 Å². The number of rotatable bonds is 4. The molecule has 0 aliphatic rings. The van der Waals surface area contributed by atoms with E-state index in [1.807, 2.05) is 0 Å². The number of hydrogen-bond donors (Lipinski definition) is 2. The third-order valence-electron chi connectivity index (χ3n) is 2.43. The number of carbonyl (C=O) groups is 1. The molecule has 20 heavy (non-hydrogen) atoms. The Kier molecular flexibility index (Phi) is 4.69. The van der Waals surface area contributed by atoms with Gasteiger partial charge in [0.05, 0.1) is 7.11 Å². The van der Waals surface area contributed by atoms with E-state index in [1.165, 1.54) is 7.11 Å². The first-order chi connectivity index (χ1) is 9.55. The second kappa shape index (κ2) is 6.30. The molecule has 1 aromatic heterocycles. The zero-order valence-corrected chi connectivity index (χ0v) is 13.0. The van der Waals surface area contributed by atoms with Crippen LogP contribution in [0.1, 0.15) is 10.4 Å². The second-order valence-corrected chi connectivity index (χ2v) is 5.40. The van der Waals surface area contributed by atoms with Crippen LogP contribution in [0, 0.1) is 0 Å². The Hall–Kier alpha value is -1.50. The molecule has 1 amide bonds. The van der Waals surface area contributed by atoms with E-state index in [9.17, 15) is 4.79 Å². The molecule has 0 aliphatic heterocycles. The van der Waals surface area contributed by atoms with E-state index in [1.54, 1.807) is 25.2 Å².